The predicted molar refractivity (Wildman–Crippen MR) is 72.5 cm³/mol. The van der Waals surface area contributed by atoms with Crippen LogP contribution >= 0.6 is 11.6 Å². The zero-order valence-corrected chi connectivity index (χ0v) is 12.8. The minimum atomic E-state index is -4.10. The molecule has 0 radical (unpaired) electrons. The molecule has 0 heterocycles. The van der Waals surface area contributed by atoms with E-state index >= 15 is 0 Å². The van der Waals surface area contributed by atoms with Crippen LogP contribution in [0, 0.1) is 5.82 Å². The van der Waals surface area contributed by atoms with E-state index in [-0.39, 0.29) is 9.92 Å². The fraction of sp³-hybridized carbons (Fsp3) is 0.417. The molecule has 0 fully saturated rings. The molecule has 0 aliphatic rings. The average molecular weight is 324 g/mol. The molecular weight excluding hydrogens is 309 g/mol. The number of nitrogens with zero attached hydrogens (tertiary/aromatic N) is 1. The summed E-state index contributed by atoms with van der Waals surface area (Å²) in [6.45, 7) is 2.71. The molecule has 1 rings (SSSR count). The molecule has 0 aliphatic carbocycles. The van der Waals surface area contributed by atoms with Crippen molar-refractivity contribution in [3.63, 3.8) is 0 Å². The predicted octanol–water partition coefficient (Wildman–Crippen LogP) is 2.05. The Morgan fingerprint density at radius 3 is 2.55 bits per heavy atom. The highest BCUT2D eigenvalue weighted by Gasteiger charge is 2.31. The third-order valence-corrected chi connectivity index (χ3v) is 5.07. The fourth-order valence-electron chi connectivity index (χ4n) is 1.54. The molecule has 0 aromatic heterocycles. The van der Waals surface area contributed by atoms with Crippen LogP contribution in [0.3, 0.4) is 0 Å². The van der Waals surface area contributed by atoms with Crippen LogP contribution in [0.25, 0.3) is 0 Å². The van der Waals surface area contributed by atoms with Crippen LogP contribution in [0.4, 0.5) is 4.39 Å². The van der Waals surface area contributed by atoms with E-state index in [1.807, 2.05) is 0 Å². The number of methoxy groups -OCH3 is 1. The van der Waals surface area contributed by atoms with Gasteiger partial charge < -0.3 is 4.74 Å². The Balaban J connectivity index is 3.30. The number of carbonyl (C=O) groups is 1. The van der Waals surface area contributed by atoms with Crippen molar-refractivity contribution < 1.29 is 22.3 Å². The molecule has 0 amide bonds. The summed E-state index contributed by atoms with van der Waals surface area (Å²) in [5.74, 6) is -1.44. The summed E-state index contributed by atoms with van der Waals surface area (Å²) in [4.78, 5) is 10.9. The van der Waals surface area contributed by atoms with Crippen LogP contribution in [0.1, 0.15) is 13.8 Å². The summed E-state index contributed by atoms with van der Waals surface area (Å²) >= 11 is 5.81. The van der Waals surface area contributed by atoms with Crippen LogP contribution in [-0.2, 0) is 19.6 Å². The molecule has 0 N–H and O–H groups in total. The van der Waals surface area contributed by atoms with E-state index in [0.29, 0.717) is 0 Å². The zero-order chi connectivity index (χ0) is 15.5. The van der Waals surface area contributed by atoms with E-state index in [4.69, 9.17) is 11.6 Å². The maximum absolute atomic E-state index is 13.2. The first kappa shape index (κ1) is 16.9. The first-order valence-electron chi connectivity index (χ1n) is 5.74. The Morgan fingerprint density at radius 2 is 2.05 bits per heavy atom. The maximum Gasteiger partial charge on any atom is 0.321 e. The number of benzene rings is 1. The first-order chi connectivity index (χ1) is 9.20. The SMILES string of the molecule is COC(=O)CN(C(C)C)S(=O)(=O)c1cc(F)ccc1Cl. The summed E-state index contributed by atoms with van der Waals surface area (Å²) in [7, 11) is -2.94. The Morgan fingerprint density at radius 1 is 1.45 bits per heavy atom. The highest BCUT2D eigenvalue weighted by Crippen LogP contribution is 2.26. The number of halogens is 2. The quantitative estimate of drug-likeness (QED) is 0.778. The Bertz CT molecular complexity index is 603. The Hall–Kier alpha value is -1.18. The van der Waals surface area contributed by atoms with Gasteiger partial charge >= 0.3 is 5.97 Å². The number of sulfonamides is 1. The third kappa shape index (κ3) is 3.68. The number of hydrogen-bond acceptors (Lipinski definition) is 4. The lowest BCUT2D eigenvalue weighted by Gasteiger charge is -2.25. The van der Waals surface area contributed by atoms with Gasteiger partial charge in [0.1, 0.15) is 17.3 Å². The van der Waals surface area contributed by atoms with Crippen molar-refractivity contribution in [1.29, 1.82) is 0 Å². The van der Waals surface area contributed by atoms with Crippen molar-refractivity contribution in [2.45, 2.75) is 24.8 Å². The van der Waals surface area contributed by atoms with E-state index in [9.17, 15) is 17.6 Å². The second kappa shape index (κ2) is 6.51. The van der Waals surface area contributed by atoms with Gasteiger partial charge in [-0.25, -0.2) is 12.8 Å². The van der Waals surface area contributed by atoms with Crippen molar-refractivity contribution in [2.24, 2.45) is 0 Å². The normalized spacial score (nSPS) is 11.9. The Labute approximate surface area is 122 Å². The fourth-order valence-corrected chi connectivity index (χ4v) is 3.61. The average Bonchev–Trinajstić information content (AvgIpc) is 2.37. The Kier molecular flexibility index (Phi) is 5.50. The van der Waals surface area contributed by atoms with E-state index < -0.39 is 34.4 Å². The van der Waals surface area contributed by atoms with Crippen LogP contribution in [0.2, 0.25) is 5.02 Å². The molecule has 112 valence electrons. The summed E-state index contributed by atoms with van der Waals surface area (Å²) < 4.78 is 43.5. The summed E-state index contributed by atoms with van der Waals surface area (Å²) in [6, 6.07) is 2.52. The lowest BCUT2D eigenvalue weighted by molar-refractivity contribution is -0.141. The van der Waals surface area contributed by atoms with E-state index in [0.717, 1.165) is 29.6 Å². The van der Waals surface area contributed by atoms with Crippen molar-refractivity contribution in [1.82, 2.24) is 4.31 Å². The molecular formula is C12H15ClFNO4S. The van der Waals surface area contributed by atoms with Gasteiger partial charge in [0.2, 0.25) is 10.0 Å². The second-order valence-corrected chi connectivity index (χ2v) is 6.56. The molecule has 0 spiro atoms. The van der Waals surface area contributed by atoms with Crippen LogP contribution in [0.15, 0.2) is 23.1 Å². The van der Waals surface area contributed by atoms with Gasteiger partial charge in [-0.1, -0.05) is 11.6 Å². The number of hydrogen-bond donors (Lipinski definition) is 0. The van der Waals surface area contributed by atoms with E-state index in [2.05, 4.69) is 4.74 Å². The minimum Gasteiger partial charge on any atom is -0.468 e. The lowest BCUT2D eigenvalue weighted by atomic mass is 10.3. The largest absolute Gasteiger partial charge is 0.468 e. The zero-order valence-electron chi connectivity index (χ0n) is 11.3. The molecule has 1 aromatic rings. The summed E-state index contributed by atoms with van der Waals surface area (Å²) in [5, 5.41) is -0.109. The van der Waals surface area contributed by atoms with Crippen LogP contribution in [0.5, 0.6) is 0 Å². The van der Waals surface area contributed by atoms with Gasteiger partial charge in [-0.15, -0.1) is 0 Å². The molecule has 0 saturated carbocycles. The standard InChI is InChI=1S/C12H15ClFNO4S/c1-8(2)15(7-12(16)19-3)20(17,18)11-6-9(14)4-5-10(11)13/h4-6,8H,7H2,1-3H3. The highest BCUT2D eigenvalue weighted by molar-refractivity contribution is 7.89. The number of ether oxygens (including phenoxy) is 1. The van der Waals surface area contributed by atoms with Gasteiger partial charge in [-0.2, -0.15) is 4.31 Å². The van der Waals surface area contributed by atoms with E-state index in [1.165, 1.54) is 0 Å². The molecule has 0 bridgehead atoms. The van der Waals surface area contributed by atoms with Crippen molar-refractivity contribution >= 4 is 27.6 Å². The van der Waals surface area contributed by atoms with Gasteiger partial charge in [-0.05, 0) is 32.0 Å². The number of esters is 1. The molecule has 20 heavy (non-hydrogen) atoms. The maximum atomic E-state index is 13.2. The number of carbonyl (C=O) groups excluding carboxylic acids is 1. The molecule has 0 unspecified atom stereocenters. The van der Waals surface area contributed by atoms with Crippen molar-refractivity contribution in [3.05, 3.63) is 29.0 Å². The van der Waals surface area contributed by atoms with Crippen molar-refractivity contribution in [2.75, 3.05) is 13.7 Å². The molecule has 0 saturated heterocycles. The first-order valence-corrected chi connectivity index (χ1v) is 7.55. The molecule has 8 heteroatoms. The second-order valence-electron chi connectivity index (χ2n) is 4.29. The number of rotatable bonds is 5. The smallest absolute Gasteiger partial charge is 0.321 e. The van der Waals surface area contributed by atoms with Gasteiger partial charge in [-0.3, -0.25) is 4.79 Å². The monoisotopic (exact) mass is 323 g/mol. The van der Waals surface area contributed by atoms with Gasteiger partial charge in [0.05, 0.1) is 12.1 Å². The summed E-state index contributed by atoms with van der Waals surface area (Å²) in [5.41, 5.74) is 0. The highest BCUT2D eigenvalue weighted by atomic mass is 35.5. The lowest BCUT2D eigenvalue weighted by Crippen LogP contribution is -2.41. The summed E-state index contributed by atoms with van der Waals surface area (Å²) in [6.07, 6.45) is 0. The minimum absolute atomic E-state index is 0.109. The molecule has 1 aromatic carbocycles. The van der Waals surface area contributed by atoms with Gasteiger partial charge in [0.25, 0.3) is 0 Å². The van der Waals surface area contributed by atoms with Crippen LogP contribution < -0.4 is 0 Å². The molecule has 0 aliphatic heterocycles. The molecule has 5 nitrogen and oxygen atoms in total. The van der Waals surface area contributed by atoms with E-state index in [1.54, 1.807) is 13.8 Å². The van der Waals surface area contributed by atoms with Crippen LogP contribution in [-0.4, -0.2) is 38.4 Å². The third-order valence-electron chi connectivity index (χ3n) is 2.57. The molecule has 0 atom stereocenters. The van der Waals surface area contributed by atoms with Crippen molar-refractivity contribution in [3.8, 4) is 0 Å². The topological polar surface area (TPSA) is 63.7 Å². The van der Waals surface area contributed by atoms with Gasteiger partial charge in [0.15, 0.2) is 0 Å². The van der Waals surface area contributed by atoms with Gasteiger partial charge in [0, 0.05) is 6.04 Å².